The first-order valence-corrected chi connectivity index (χ1v) is 10.5. The van der Waals surface area contributed by atoms with Crippen LogP contribution in [0.3, 0.4) is 0 Å². The number of benzene rings is 2. The van der Waals surface area contributed by atoms with Crippen LogP contribution in [-0.2, 0) is 9.59 Å². The summed E-state index contributed by atoms with van der Waals surface area (Å²) in [6.45, 7) is 7.72. The van der Waals surface area contributed by atoms with E-state index in [4.69, 9.17) is 0 Å². The minimum Gasteiger partial charge on any atom is -0.321 e. The molecule has 0 aromatic heterocycles. The molecule has 0 N–H and O–H groups in total. The predicted octanol–water partition coefficient (Wildman–Crippen LogP) is 4.72. The summed E-state index contributed by atoms with van der Waals surface area (Å²) in [7, 11) is 0. The van der Waals surface area contributed by atoms with E-state index in [1.165, 1.54) is 4.90 Å². The van der Waals surface area contributed by atoms with Gasteiger partial charge in [-0.2, -0.15) is 0 Å². The lowest BCUT2D eigenvalue weighted by molar-refractivity contribution is -0.123. The summed E-state index contributed by atoms with van der Waals surface area (Å²) in [6.07, 6.45) is 0.636. The first-order chi connectivity index (χ1) is 13.7. The van der Waals surface area contributed by atoms with Crippen molar-refractivity contribution in [3.63, 3.8) is 0 Å². The Labute approximate surface area is 179 Å². The Bertz CT molecular complexity index is 953. The molecule has 1 aliphatic heterocycles. The average molecular weight is 457 g/mol. The van der Waals surface area contributed by atoms with Crippen LogP contribution < -0.4 is 4.90 Å². The number of carbonyl (C=O) groups excluding carboxylic acids is 3. The molecule has 29 heavy (non-hydrogen) atoms. The molecule has 0 spiro atoms. The van der Waals surface area contributed by atoms with Crippen molar-refractivity contribution < 1.29 is 14.4 Å². The van der Waals surface area contributed by atoms with Crippen molar-refractivity contribution in [3.05, 3.63) is 64.1 Å². The molecule has 6 heteroatoms. The summed E-state index contributed by atoms with van der Waals surface area (Å²) < 4.78 is 0.861. The number of amides is 3. The number of hydrogen-bond acceptors (Lipinski definition) is 3. The fourth-order valence-corrected chi connectivity index (χ4v) is 3.89. The SMILES string of the molecule is CCC(C)(C)N(C(=O)c1ccccc1C)C1CC(=O)N(c2ccc(Br)cc2)C1=O. The monoisotopic (exact) mass is 456 g/mol. The van der Waals surface area contributed by atoms with Crippen molar-refractivity contribution in [1.29, 1.82) is 0 Å². The average Bonchev–Trinajstić information content (AvgIpc) is 2.96. The highest BCUT2D eigenvalue weighted by atomic mass is 79.9. The zero-order valence-electron chi connectivity index (χ0n) is 17.1. The van der Waals surface area contributed by atoms with Gasteiger partial charge in [-0.05, 0) is 63.1 Å². The maximum atomic E-state index is 13.5. The van der Waals surface area contributed by atoms with Crippen molar-refractivity contribution in [2.75, 3.05) is 4.90 Å². The second-order valence-electron chi connectivity index (χ2n) is 7.92. The summed E-state index contributed by atoms with van der Waals surface area (Å²) in [5, 5.41) is 0. The van der Waals surface area contributed by atoms with E-state index in [-0.39, 0.29) is 24.1 Å². The van der Waals surface area contributed by atoms with E-state index >= 15 is 0 Å². The second kappa shape index (κ2) is 8.11. The molecule has 1 heterocycles. The Morgan fingerprint density at radius 1 is 1.14 bits per heavy atom. The van der Waals surface area contributed by atoms with Gasteiger partial charge in [0, 0.05) is 15.6 Å². The highest BCUT2D eigenvalue weighted by Crippen LogP contribution is 2.33. The summed E-state index contributed by atoms with van der Waals surface area (Å²) in [4.78, 5) is 42.4. The first kappa shape index (κ1) is 21.2. The minimum atomic E-state index is -0.826. The predicted molar refractivity (Wildman–Crippen MR) is 117 cm³/mol. The first-order valence-electron chi connectivity index (χ1n) is 9.69. The van der Waals surface area contributed by atoms with E-state index in [0.717, 1.165) is 10.0 Å². The smallest absolute Gasteiger partial charge is 0.257 e. The molecule has 0 bridgehead atoms. The Hall–Kier alpha value is -2.47. The molecule has 1 saturated heterocycles. The van der Waals surface area contributed by atoms with Crippen LogP contribution in [-0.4, -0.2) is 34.2 Å². The largest absolute Gasteiger partial charge is 0.321 e. The molecular weight excluding hydrogens is 432 g/mol. The molecule has 2 aromatic carbocycles. The number of anilines is 1. The van der Waals surface area contributed by atoms with Crippen molar-refractivity contribution in [2.45, 2.75) is 52.1 Å². The van der Waals surface area contributed by atoms with Crippen LogP contribution in [0, 0.1) is 6.92 Å². The quantitative estimate of drug-likeness (QED) is 0.611. The summed E-state index contributed by atoms with van der Waals surface area (Å²) in [5.41, 5.74) is 1.32. The van der Waals surface area contributed by atoms with Crippen LogP contribution in [0.1, 0.15) is 49.5 Å². The van der Waals surface area contributed by atoms with E-state index in [9.17, 15) is 14.4 Å². The van der Waals surface area contributed by atoms with Crippen molar-refractivity contribution in [3.8, 4) is 0 Å². The number of imide groups is 1. The Morgan fingerprint density at radius 3 is 2.34 bits per heavy atom. The molecule has 3 rings (SSSR count). The van der Waals surface area contributed by atoms with Crippen LogP contribution in [0.15, 0.2) is 53.0 Å². The normalized spacial score (nSPS) is 17.0. The molecule has 1 fully saturated rings. The summed E-state index contributed by atoms with van der Waals surface area (Å²) >= 11 is 3.37. The summed E-state index contributed by atoms with van der Waals surface area (Å²) in [6, 6.07) is 13.5. The molecule has 152 valence electrons. The number of halogens is 1. The molecular formula is C23H25BrN2O3. The number of rotatable bonds is 5. The van der Waals surface area contributed by atoms with Crippen molar-refractivity contribution >= 4 is 39.3 Å². The number of nitrogens with zero attached hydrogens (tertiary/aromatic N) is 2. The standard InChI is InChI=1S/C23H25BrN2O3/c1-5-23(3,4)26(21(28)18-9-7-6-8-15(18)2)19-14-20(27)25(22(19)29)17-12-10-16(24)11-13-17/h6-13,19H,5,14H2,1-4H3. The van der Waals surface area contributed by atoms with E-state index in [1.54, 1.807) is 35.2 Å². The fourth-order valence-electron chi connectivity index (χ4n) is 3.63. The number of carbonyl (C=O) groups is 3. The third kappa shape index (κ3) is 3.99. The van der Waals surface area contributed by atoms with Crippen LogP contribution in [0.4, 0.5) is 5.69 Å². The second-order valence-corrected chi connectivity index (χ2v) is 8.84. The molecule has 5 nitrogen and oxygen atoms in total. The lowest BCUT2D eigenvalue weighted by atomic mass is 9.94. The maximum Gasteiger partial charge on any atom is 0.257 e. The minimum absolute atomic E-state index is 0.0179. The highest BCUT2D eigenvalue weighted by molar-refractivity contribution is 9.10. The van der Waals surface area contributed by atoms with Crippen molar-refractivity contribution in [2.24, 2.45) is 0 Å². The van der Waals surface area contributed by atoms with Crippen LogP contribution >= 0.6 is 15.9 Å². The molecule has 0 radical (unpaired) electrons. The Morgan fingerprint density at radius 2 is 1.76 bits per heavy atom. The van der Waals surface area contributed by atoms with Gasteiger partial charge in [-0.3, -0.25) is 14.4 Å². The van der Waals surface area contributed by atoms with Gasteiger partial charge in [0.1, 0.15) is 6.04 Å². The summed E-state index contributed by atoms with van der Waals surface area (Å²) in [5.74, 6) is -0.878. The van der Waals surface area contributed by atoms with E-state index in [0.29, 0.717) is 17.7 Å². The van der Waals surface area contributed by atoms with Gasteiger partial charge in [0.05, 0.1) is 12.1 Å². The van der Waals surface area contributed by atoms with Gasteiger partial charge in [0.25, 0.3) is 11.8 Å². The molecule has 3 amide bonds. The molecule has 0 aliphatic carbocycles. The van der Waals surface area contributed by atoms with Crippen LogP contribution in [0.5, 0.6) is 0 Å². The molecule has 1 atom stereocenters. The van der Waals surface area contributed by atoms with Crippen LogP contribution in [0.25, 0.3) is 0 Å². The van der Waals surface area contributed by atoms with E-state index in [2.05, 4.69) is 15.9 Å². The van der Waals surface area contributed by atoms with Gasteiger partial charge >= 0.3 is 0 Å². The lowest BCUT2D eigenvalue weighted by Crippen LogP contribution is -2.55. The third-order valence-corrected chi connectivity index (χ3v) is 6.16. The van der Waals surface area contributed by atoms with Gasteiger partial charge in [0.2, 0.25) is 5.91 Å². The van der Waals surface area contributed by atoms with Gasteiger partial charge in [-0.1, -0.05) is 41.1 Å². The molecule has 1 unspecified atom stereocenters. The zero-order valence-corrected chi connectivity index (χ0v) is 18.7. The molecule has 1 aliphatic rings. The highest BCUT2D eigenvalue weighted by Gasteiger charge is 2.48. The maximum absolute atomic E-state index is 13.5. The molecule has 2 aromatic rings. The fraction of sp³-hybridized carbons (Fsp3) is 0.348. The van der Waals surface area contributed by atoms with Crippen LogP contribution in [0.2, 0.25) is 0 Å². The topological polar surface area (TPSA) is 57.7 Å². The zero-order chi connectivity index (χ0) is 21.3. The Kier molecular flexibility index (Phi) is 5.94. The van der Waals surface area contributed by atoms with Gasteiger partial charge in [0.15, 0.2) is 0 Å². The number of hydrogen-bond donors (Lipinski definition) is 0. The third-order valence-electron chi connectivity index (χ3n) is 5.63. The number of aryl methyl sites for hydroxylation is 1. The Balaban J connectivity index is 2.02. The van der Waals surface area contributed by atoms with Gasteiger partial charge < -0.3 is 4.90 Å². The lowest BCUT2D eigenvalue weighted by Gasteiger charge is -2.41. The van der Waals surface area contributed by atoms with E-state index < -0.39 is 11.6 Å². The molecule has 0 saturated carbocycles. The van der Waals surface area contributed by atoms with E-state index in [1.807, 2.05) is 45.9 Å². The van der Waals surface area contributed by atoms with Crippen molar-refractivity contribution in [1.82, 2.24) is 4.90 Å². The van der Waals surface area contributed by atoms with Gasteiger partial charge in [-0.15, -0.1) is 0 Å². The van der Waals surface area contributed by atoms with Gasteiger partial charge in [-0.25, -0.2) is 4.90 Å².